The summed E-state index contributed by atoms with van der Waals surface area (Å²) >= 11 is 0. The zero-order chi connectivity index (χ0) is 17.6. The molecule has 3 aromatic rings. The van der Waals surface area contributed by atoms with Crippen molar-refractivity contribution in [2.75, 3.05) is 12.4 Å². The topological polar surface area (TPSA) is 98.9 Å². The zero-order valence-electron chi connectivity index (χ0n) is 13.7. The van der Waals surface area contributed by atoms with E-state index in [1.165, 1.54) is 0 Å². The van der Waals surface area contributed by atoms with Crippen molar-refractivity contribution < 1.29 is 9.59 Å². The van der Waals surface area contributed by atoms with E-state index in [2.05, 4.69) is 25.9 Å². The summed E-state index contributed by atoms with van der Waals surface area (Å²) in [6.07, 6.45) is 3.73. The summed E-state index contributed by atoms with van der Waals surface area (Å²) in [4.78, 5) is 31.7. The maximum atomic E-state index is 12.3. The quantitative estimate of drug-likeness (QED) is 0.573. The van der Waals surface area contributed by atoms with Crippen LogP contribution in [0.3, 0.4) is 0 Å². The van der Waals surface area contributed by atoms with Gasteiger partial charge in [-0.15, -0.1) is 0 Å². The summed E-state index contributed by atoms with van der Waals surface area (Å²) < 4.78 is 0. The van der Waals surface area contributed by atoms with E-state index < -0.39 is 12.1 Å². The molecule has 2 heterocycles. The normalized spacial score (nSPS) is 11.7. The fraction of sp³-hybridized carbons (Fsp3) is 0.167. The van der Waals surface area contributed by atoms with Crippen molar-refractivity contribution in [2.45, 2.75) is 12.5 Å². The SMILES string of the molecule is CNC(=O)C(Cc1ccccc1)NC(=O)Nc1c[nH]c2cccnc12. The second-order valence-corrected chi connectivity index (χ2v) is 5.56. The van der Waals surface area contributed by atoms with Crippen molar-refractivity contribution in [1.82, 2.24) is 20.6 Å². The molecule has 0 aliphatic heterocycles. The number of rotatable bonds is 5. The first-order valence-electron chi connectivity index (χ1n) is 7.92. The van der Waals surface area contributed by atoms with Gasteiger partial charge >= 0.3 is 6.03 Å². The summed E-state index contributed by atoms with van der Waals surface area (Å²) in [5.74, 6) is -0.254. The Bertz CT molecular complexity index is 875. The molecule has 1 atom stereocenters. The lowest BCUT2D eigenvalue weighted by Gasteiger charge is -2.17. The number of carbonyl (C=O) groups excluding carboxylic acids is 2. The lowest BCUT2D eigenvalue weighted by atomic mass is 10.1. The molecule has 1 aromatic carbocycles. The zero-order valence-corrected chi connectivity index (χ0v) is 13.7. The third kappa shape index (κ3) is 3.95. The van der Waals surface area contributed by atoms with E-state index in [0.717, 1.165) is 11.1 Å². The van der Waals surface area contributed by atoms with E-state index in [0.29, 0.717) is 17.6 Å². The molecule has 3 amide bonds. The molecule has 0 aliphatic carbocycles. The molecule has 0 saturated heterocycles. The fourth-order valence-corrected chi connectivity index (χ4v) is 2.60. The van der Waals surface area contributed by atoms with Crippen molar-refractivity contribution in [3.8, 4) is 0 Å². The summed E-state index contributed by atoms with van der Waals surface area (Å²) in [5.41, 5.74) is 3.01. The molecule has 0 fully saturated rings. The van der Waals surface area contributed by atoms with Gasteiger partial charge in [-0.2, -0.15) is 0 Å². The van der Waals surface area contributed by atoms with Crippen LogP contribution >= 0.6 is 0 Å². The Morgan fingerprint density at radius 1 is 1.16 bits per heavy atom. The van der Waals surface area contributed by atoms with Crippen LogP contribution in [0.25, 0.3) is 11.0 Å². The van der Waals surface area contributed by atoms with Gasteiger partial charge in [0.25, 0.3) is 0 Å². The van der Waals surface area contributed by atoms with Crippen molar-refractivity contribution in [3.05, 3.63) is 60.4 Å². The van der Waals surface area contributed by atoms with Crippen LogP contribution < -0.4 is 16.0 Å². The minimum absolute atomic E-state index is 0.254. The van der Waals surface area contributed by atoms with E-state index in [9.17, 15) is 9.59 Å². The number of aromatic amines is 1. The predicted octanol–water partition coefficient (Wildman–Crippen LogP) is 2.04. The number of anilines is 1. The monoisotopic (exact) mass is 337 g/mol. The number of amides is 3. The molecule has 0 spiro atoms. The van der Waals surface area contributed by atoms with E-state index >= 15 is 0 Å². The van der Waals surface area contributed by atoms with Gasteiger partial charge in [-0.3, -0.25) is 9.78 Å². The van der Waals surface area contributed by atoms with Crippen molar-refractivity contribution in [2.24, 2.45) is 0 Å². The number of carbonyl (C=O) groups is 2. The van der Waals surface area contributed by atoms with Crippen molar-refractivity contribution in [1.29, 1.82) is 0 Å². The Balaban J connectivity index is 1.70. The van der Waals surface area contributed by atoms with Crippen molar-refractivity contribution in [3.63, 3.8) is 0 Å². The van der Waals surface area contributed by atoms with E-state index in [1.54, 1.807) is 19.4 Å². The molecule has 2 aromatic heterocycles. The predicted molar refractivity (Wildman–Crippen MR) is 96.2 cm³/mol. The van der Waals surface area contributed by atoms with Gasteiger partial charge in [0.1, 0.15) is 11.6 Å². The number of nitrogens with zero attached hydrogens (tertiary/aromatic N) is 1. The Morgan fingerprint density at radius 2 is 1.96 bits per heavy atom. The summed E-state index contributed by atoms with van der Waals surface area (Å²) in [5, 5.41) is 8.03. The van der Waals surface area contributed by atoms with Crippen LogP contribution in [0.15, 0.2) is 54.9 Å². The van der Waals surface area contributed by atoms with Crippen LogP contribution in [0.2, 0.25) is 0 Å². The number of benzene rings is 1. The van der Waals surface area contributed by atoms with E-state index in [-0.39, 0.29) is 5.91 Å². The van der Waals surface area contributed by atoms with Gasteiger partial charge in [0.2, 0.25) is 5.91 Å². The standard InChI is InChI=1S/C18H19N5O2/c1-19-17(24)14(10-12-6-3-2-4-7-12)22-18(25)23-15-11-21-13-8-5-9-20-16(13)15/h2-9,11,14,21H,10H2,1H3,(H,19,24)(H2,22,23,25). The van der Waals surface area contributed by atoms with Crippen LogP contribution in [-0.2, 0) is 11.2 Å². The minimum atomic E-state index is -0.675. The molecule has 128 valence electrons. The molecule has 7 nitrogen and oxygen atoms in total. The Labute approximate surface area is 144 Å². The molecule has 0 radical (unpaired) electrons. The number of aromatic nitrogens is 2. The Morgan fingerprint density at radius 3 is 2.72 bits per heavy atom. The first-order valence-corrected chi connectivity index (χ1v) is 7.92. The van der Waals surface area contributed by atoms with Gasteiger partial charge in [-0.25, -0.2) is 4.79 Å². The molecule has 0 saturated carbocycles. The highest BCUT2D eigenvalue weighted by Gasteiger charge is 2.20. The highest BCUT2D eigenvalue weighted by molar-refractivity contribution is 6.00. The highest BCUT2D eigenvalue weighted by atomic mass is 16.2. The van der Waals surface area contributed by atoms with Gasteiger partial charge in [-0.05, 0) is 17.7 Å². The number of fused-ring (bicyclic) bond motifs is 1. The number of likely N-dealkylation sites (N-methyl/N-ethyl adjacent to an activating group) is 1. The van der Waals surface area contributed by atoms with Crippen LogP contribution in [0.5, 0.6) is 0 Å². The van der Waals surface area contributed by atoms with Gasteiger partial charge in [-0.1, -0.05) is 30.3 Å². The van der Waals surface area contributed by atoms with E-state index in [4.69, 9.17) is 0 Å². The van der Waals surface area contributed by atoms with Gasteiger partial charge < -0.3 is 20.9 Å². The fourth-order valence-electron chi connectivity index (χ4n) is 2.60. The third-order valence-corrected chi connectivity index (χ3v) is 3.83. The maximum Gasteiger partial charge on any atom is 0.320 e. The third-order valence-electron chi connectivity index (χ3n) is 3.83. The van der Waals surface area contributed by atoms with Crippen LogP contribution in [0.4, 0.5) is 10.5 Å². The number of pyridine rings is 1. The number of hydrogen-bond acceptors (Lipinski definition) is 3. The lowest BCUT2D eigenvalue weighted by Crippen LogP contribution is -2.48. The molecule has 4 N–H and O–H groups in total. The van der Waals surface area contributed by atoms with Crippen LogP contribution in [0.1, 0.15) is 5.56 Å². The molecule has 7 heteroatoms. The highest BCUT2D eigenvalue weighted by Crippen LogP contribution is 2.19. The Hall–Kier alpha value is -3.35. The average Bonchev–Trinajstić information content (AvgIpc) is 3.04. The van der Waals surface area contributed by atoms with Crippen molar-refractivity contribution >= 4 is 28.7 Å². The second-order valence-electron chi connectivity index (χ2n) is 5.56. The smallest absolute Gasteiger partial charge is 0.320 e. The number of H-pyrrole nitrogens is 1. The molecular formula is C18H19N5O2. The summed E-state index contributed by atoms with van der Waals surface area (Å²) in [7, 11) is 1.55. The van der Waals surface area contributed by atoms with Crippen LogP contribution in [-0.4, -0.2) is 35.0 Å². The summed E-state index contributed by atoms with van der Waals surface area (Å²) in [6.45, 7) is 0. The average molecular weight is 337 g/mol. The Kier molecular flexibility index (Phi) is 4.94. The number of hydrogen-bond donors (Lipinski definition) is 4. The van der Waals surface area contributed by atoms with Gasteiger partial charge in [0, 0.05) is 25.9 Å². The van der Waals surface area contributed by atoms with Gasteiger partial charge in [0.15, 0.2) is 0 Å². The molecule has 3 rings (SSSR count). The first-order chi connectivity index (χ1) is 12.2. The number of nitrogens with one attached hydrogen (secondary N) is 4. The second kappa shape index (κ2) is 7.48. The largest absolute Gasteiger partial charge is 0.358 e. The first kappa shape index (κ1) is 16.5. The molecule has 0 bridgehead atoms. The van der Waals surface area contributed by atoms with Gasteiger partial charge in [0.05, 0.1) is 11.2 Å². The molecule has 0 aliphatic rings. The molecule has 1 unspecified atom stereocenters. The molecular weight excluding hydrogens is 318 g/mol. The maximum absolute atomic E-state index is 12.3. The minimum Gasteiger partial charge on any atom is -0.358 e. The lowest BCUT2D eigenvalue weighted by molar-refractivity contribution is -0.122. The summed E-state index contributed by atoms with van der Waals surface area (Å²) in [6, 6.07) is 12.1. The van der Waals surface area contributed by atoms with Crippen LogP contribution in [0, 0.1) is 0 Å². The number of urea groups is 1. The molecule has 25 heavy (non-hydrogen) atoms. The van der Waals surface area contributed by atoms with E-state index in [1.807, 2.05) is 42.5 Å².